The summed E-state index contributed by atoms with van der Waals surface area (Å²) < 4.78 is 6.74. The Labute approximate surface area is 123 Å². The molecule has 21 heavy (non-hydrogen) atoms. The molecule has 1 aliphatic carbocycles. The van der Waals surface area contributed by atoms with Crippen LogP contribution in [0, 0.1) is 0 Å². The van der Waals surface area contributed by atoms with Crippen molar-refractivity contribution >= 4 is 5.97 Å². The van der Waals surface area contributed by atoms with Gasteiger partial charge < -0.3 is 4.74 Å². The van der Waals surface area contributed by atoms with Gasteiger partial charge in [-0.25, -0.2) is 9.78 Å². The molecule has 1 unspecified atom stereocenters. The predicted octanol–water partition coefficient (Wildman–Crippen LogP) is 1.10. The zero-order valence-corrected chi connectivity index (χ0v) is 11.9. The van der Waals surface area contributed by atoms with Crippen molar-refractivity contribution in [2.75, 3.05) is 7.11 Å². The van der Waals surface area contributed by atoms with Crippen molar-refractivity contribution in [3.8, 4) is 0 Å². The Morgan fingerprint density at radius 1 is 1.43 bits per heavy atom. The molecule has 6 heteroatoms. The molecule has 1 N–H and O–H groups in total. The van der Waals surface area contributed by atoms with Crippen molar-refractivity contribution in [2.24, 2.45) is 0 Å². The average molecular weight is 286 g/mol. The Balaban J connectivity index is 2.02. The number of nitrogens with zero attached hydrogens (tertiary/aromatic N) is 3. The van der Waals surface area contributed by atoms with Crippen molar-refractivity contribution in [3.05, 3.63) is 48.5 Å². The van der Waals surface area contributed by atoms with Gasteiger partial charge in [0.2, 0.25) is 0 Å². The number of hydrogen-bond acceptors (Lipinski definition) is 5. The SMILES string of the molecule is COC(=O)C(Cn1cncn1)(NC1CC1)c1ccccc1. The molecule has 1 atom stereocenters. The number of rotatable bonds is 6. The Kier molecular flexibility index (Phi) is 3.70. The number of aromatic nitrogens is 3. The maximum Gasteiger partial charge on any atom is 0.332 e. The highest BCUT2D eigenvalue weighted by atomic mass is 16.5. The van der Waals surface area contributed by atoms with Gasteiger partial charge >= 0.3 is 5.97 Å². The van der Waals surface area contributed by atoms with Crippen LogP contribution in [0.5, 0.6) is 0 Å². The molecule has 1 aliphatic rings. The molecule has 3 rings (SSSR count). The van der Waals surface area contributed by atoms with Crippen LogP contribution in [-0.2, 0) is 21.6 Å². The lowest BCUT2D eigenvalue weighted by atomic mass is 9.89. The van der Waals surface area contributed by atoms with E-state index in [9.17, 15) is 4.79 Å². The number of ether oxygens (including phenoxy) is 1. The second-order valence-electron chi connectivity index (χ2n) is 5.27. The number of methoxy groups -OCH3 is 1. The topological polar surface area (TPSA) is 69.0 Å². The Morgan fingerprint density at radius 2 is 2.19 bits per heavy atom. The standard InChI is InChI=1S/C15H18N4O2/c1-21-14(20)15(18-13-7-8-13,9-19-11-16-10-17-19)12-5-3-2-4-6-12/h2-6,10-11,13,18H,7-9H2,1H3. The number of benzene rings is 1. The molecule has 110 valence electrons. The number of carbonyl (C=O) groups excluding carboxylic acids is 1. The van der Waals surface area contributed by atoms with Crippen LogP contribution in [0.3, 0.4) is 0 Å². The Morgan fingerprint density at radius 3 is 2.76 bits per heavy atom. The molecule has 1 aromatic heterocycles. The van der Waals surface area contributed by atoms with E-state index in [0.717, 1.165) is 18.4 Å². The highest BCUT2D eigenvalue weighted by molar-refractivity contribution is 5.82. The van der Waals surface area contributed by atoms with Gasteiger partial charge in [-0.15, -0.1) is 0 Å². The molecule has 2 aromatic rings. The minimum atomic E-state index is -0.940. The molecule has 0 aliphatic heterocycles. The molecule has 0 bridgehead atoms. The maximum atomic E-state index is 12.6. The third-order valence-corrected chi connectivity index (χ3v) is 3.69. The van der Waals surface area contributed by atoms with Gasteiger partial charge in [-0.2, -0.15) is 5.10 Å². The summed E-state index contributed by atoms with van der Waals surface area (Å²) in [5.41, 5.74) is -0.0653. The summed E-state index contributed by atoms with van der Waals surface area (Å²) in [6, 6.07) is 9.98. The first-order chi connectivity index (χ1) is 10.2. The lowest BCUT2D eigenvalue weighted by molar-refractivity contribution is -0.150. The average Bonchev–Trinajstić information content (AvgIpc) is 3.19. The van der Waals surface area contributed by atoms with E-state index < -0.39 is 5.54 Å². The molecule has 0 amide bonds. The van der Waals surface area contributed by atoms with Crippen LogP contribution in [0.25, 0.3) is 0 Å². The van der Waals surface area contributed by atoms with Crippen LogP contribution < -0.4 is 5.32 Å². The first kappa shape index (κ1) is 13.8. The van der Waals surface area contributed by atoms with Gasteiger partial charge in [0.05, 0.1) is 13.7 Å². The van der Waals surface area contributed by atoms with Crippen LogP contribution in [-0.4, -0.2) is 33.9 Å². The van der Waals surface area contributed by atoms with Crippen molar-refractivity contribution in [1.29, 1.82) is 0 Å². The molecule has 0 saturated heterocycles. The minimum absolute atomic E-state index is 0.309. The second-order valence-corrected chi connectivity index (χ2v) is 5.27. The number of esters is 1. The van der Waals surface area contributed by atoms with Gasteiger partial charge in [-0.3, -0.25) is 10.00 Å². The molecule has 1 saturated carbocycles. The third-order valence-electron chi connectivity index (χ3n) is 3.69. The molecule has 6 nitrogen and oxygen atoms in total. The van der Waals surface area contributed by atoms with Crippen molar-refractivity contribution in [3.63, 3.8) is 0 Å². The largest absolute Gasteiger partial charge is 0.467 e. The van der Waals surface area contributed by atoms with Gasteiger partial charge in [-0.05, 0) is 18.4 Å². The first-order valence-corrected chi connectivity index (χ1v) is 6.98. The lowest BCUT2D eigenvalue weighted by Crippen LogP contribution is -2.54. The van der Waals surface area contributed by atoms with Crippen LogP contribution in [0.15, 0.2) is 43.0 Å². The number of nitrogens with one attached hydrogen (secondary N) is 1. The number of carbonyl (C=O) groups is 1. The molecule has 1 heterocycles. The first-order valence-electron chi connectivity index (χ1n) is 6.98. The maximum absolute atomic E-state index is 12.6. The van der Waals surface area contributed by atoms with Gasteiger partial charge in [0, 0.05) is 6.04 Å². The smallest absolute Gasteiger partial charge is 0.332 e. The van der Waals surface area contributed by atoms with Gasteiger partial charge in [0.1, 0.15) is 12.7 Å². The third kappa shape index (κ3) is 2.80. The highest BCUT2D eigenvalue weighted by Gasteiger charge is 2.45. The van der Waals surface area contributed by atoms with Gasteiger partial charge in [-0.1, -0.05) is 30.3 Å². The predicted molar refractivity (Wildman–Crippen MR) is 76.3 cm³/mol. The Bertz CT molecular complexity index is 595. The van der Waals surface area contributed by atoms with Crippen LogP contribution in [0.4, 0.5) is 0 Å². The summed E-state index contributed by atoms with van der Waals surface area (Å²) in [6.45, 7) is 0.347. The van der Waals surface area contributed by atoms with Gasteiger partial charge in [0.15, 0.2) is 5.54 Å². The molecule has 1 fully saturated rings. The van der Waals surface area contributed by atoms with E-state index in [1.165, 1.54) is 13.4 Å². The monoisotopic (exact) mass is 286 g/mol. The van der Waals surface area contributed by atoms with E-state index in [1.807, 2.05) is 30.3 Å². The fourth-order valence-electron chi connectivity index (χ4n) is 2.49. The quantitative estimate of drug-likeness (QED) is 0.805. The van der Waals surface area contributed by atoms with E-state index in [4.69, 9.17) is 4.74 Å². The fraction of sp³-hybridized carbons (Fsp3) is 0.400. The molecular formula is C15H18N4O2. The molecule has 1 aromatic carbocycles. The van der Waals surface area contributed by atoms with E-state index in [1.54, 1.807) is 11.0 Å². The van der Waals surface area contributed by atoms with Crippen LogP contribution in [0.1, 0.15) is 18.4 Å². The van der Waals surface area contributed by atoms with Gasteiger partial charge in [0.25, 0.3) is 0 Å². The molecule has 0 radical (unpaired) electrons. The lowest BCUT2D eigenvalue weighted by Gasteiger charge is -2.32. The van der Waals surface area contributed by atoms with Crippen LogP contribution >= 0.6 is 0 Å². The highest BCUT2D eigenvalue weighted by Crippen LogP contribution is 2.31. The number of hydrogen-bond donors (Lipinski definition) is 1. The normalized spacial score (nSPS) is 17.2. The summed E-state index contributed by atoms with van der Waals surface area (Å²) in [6.07, 6.45) is 5.21. The summed E-state index contributed by atoms with van der Waals surface area (Å²) >= 11 is 0. The summed E-state index contributed by atoms with van der Waals surface area (Å²) in [5, 5.41) is 7.58. The Hall–Kier alpha value is -2.21. The summed E-state index contributed by atoms with van der Waals surface area (Å²) in [4.78, 5) is 16.5. The second kappa shape index (κ2) is 5.65. The van der Waals surface area contributed by atoms with Crippen molar-refractivity contribution in [1.82, 2.24) is 20.1 Å². The van der Waals surface area contributed by atoms with E-state index in [2.05, 4.69) is 15.4 Å². The van der Waals surface area contributed by atoms with E-state index in [-0.39, 0.29) is 5.97 Å². The molecular weight excluding hydrogens is 268 g/mol. The van der Waals surface area contributed by atoms with Crippen LogP contribution in [0.2, 0.25) is 0 Å². The minimum Gasteiger partial charge on any atom is -0.467 e. The fourth-order valence-corrected chi connectivity index (χ4v) is 2.49. The zero-order chi connectivity index (χ0) is 14.7. The molecule has 0 spiro atoms. The van der Waals surface area contributed by atoms with Crippen molar-refractivity contribution < 1.29 is 9.53 Å². The summed E-state index contributed by atoms with van der Waals surface area (Å²) in [7, 11) is 1.41. The van der Waals surface area contributed by atoms with E-state index in [0.29, 0.717) is 12.6 Å². The zero-order valence-electron chi connectivity index (χ0n) is 11.9. The van der Waals surface area contributed by atoms with Crippen molar-refractivity contribution in [2.45, 2.75) is 31.0 Å². The summed E-state index contributed by atoms with van der Waals surface area (Å²) in [5.74, 6) is -0.309. The van der Waals surface area contributed by atoms with E-state index >= 15 is 0 Å².